The van der Waals surface area contributed by atoms with Crippen molar-refractivity contribution < 1.29 is 20.1 Å². The van der Waals surface area contributed by atoms with Gasteiger partial charge in [0.1, 0.15) is 0 Å². The van der Waals surface area contributed by atoms with E-state index in [-0.39, 0.29) is 20.1 Å². The quantitative estimate of drug-likeness (QED) is 0.244. The second-order valence-electron chi connectivity index (χ2n) is 8.98. The maximum Gasteiger partial charge on any atom is 0 e. The van der Waals surface area contributed by atoms with Crippen molar-refractivity contribution in [2.75, 3.05) is 19.6 Å². The first kappa shape index (κ1) is 29.2. The molecule has 6 heterocycles. The van der Waals surface area contributed by atoms with E-state index < -0.39 is 0 Å². The molecule has 3 aliphatic rings. The molecule has 0 aromatic carbocycles. The fourth-order valence-corrected chi connectivity index (χ4v) is 6.89. The van der Waals surface area contributed by atoms with E-state index >= 15 is 0 Å². The van der Waals surface area contributed by atoms with Crippen LogP contribution in [0.5, 0.6) is 0 Å². The summed E-state index contributed by atoms with van der Waals surface area (Å²) in [5, 5.41) is 17.9. The molecule has 7 heteroatoms. The first-order valence-corrected chi connectivity index (χ1v) is 15.2. The number of hydrogen-bond donors (Lipinski definition) is 0. The van der Waals surface area contributed by atoms with Crippen LogP contribution in [0.15, 0.2) is 29.0 Å². The van der Waals surface area contributed by atoms with E-state index in [2.05, 4.69) is 57.9 Å². The predicted octanol–water partition coefficient (Wildman–Crippen LogP) is 9.75. The number of piperidine rings is 3. The van der Waals surface area contributed by atoms with Crippen LogP contribution in [-0.2, 0) is 20.1 Å². The van der Waals surface area contributed by atoms with Gasteiger partial charge in [-0.1, -0.05) is 64.7 Å². The Morgan fingerprint density at radius 3 is 1.43 bits per heavy atom. The molecule has 0 spiro atoms. The Balaban J connectivity index is 0.000000145. The van der Waals surface area contributed by atoms with Crippen molar-refractivity contribution in [1.82, 2.24) is 0 Å². The van der Waals surface area contributed by atoms with Crippen molar-refractivity contribution in [2.24, 2.45) is 0 Å². The van der Waals surface area contributed by atoms with Crippen molar-refractivity contribution >= 4 is 34.0 Å². The molecule has 0 N–H and O–H groups in total. The van der Waals surface area contributed by atoms with E-state index in [1.54, 1.807) is 22.7 Å². The molecule has 3 unspecified atom stereocenters. The largest absolute Gasteiger partial charge is 0.656 e. The number of aryl methyl sites for hydroxylation is 1. The van der Waals surface area contributed by atoms with E-state index in [0.29, 0.717) is 18.1 Å². The molecule has 3 atom stereocenters. The van der Waals surface area contributed by atoms with Gasteiger partial charge >= 0.3 is 0 Å². The number of hydrogen-bond acceptors (Lipinski definition) is 3. The molecule has 0 bridgehead atoms. The van der Waals surface area contributed by atoms with Crippen LogP contribution in [0.25, 0.3) is 16.0 Å². The Kier molecular flexibility index (Phi) is 13.7. The molecule has 1 radical (unpaired) electrons. The van der Waals surface area contributed by atoms with Gasteiger partial charge in [-0.3, -0.25) is 34.0 Å². The Morgan fingerprint density at radius 2 is 1.11 bits per heavy atom. The minimum absolute atomic E-state index is 0. The summed E-state index contributed by atoms with van der Waals surface area (Å²) in [6.45, 7) is 5.29. The van der Waals surface area contributed by atoms with Gasteiger partial charge in [0.25, 0.3) is 0 Å². The SMILES string of the molecule is Cc1c[c-]c(C2CCCC[N-]2)s1.[Ir].[c-]1ccsc1C1CCCC[N-]1.[c-]1ccsc1C1CCCC[N-]1. The van der Waals surface area contributed by atoms with Gasteiger partial charge in [-0.25, -0.2) is 36.4 Å². The predicted molar refractivity (Wildman–Crippen MR) is 149 cm³/mol. The topological polar surface area (TPSA) is 42.3 Å². The zero-order chi connectivity index (χ0) is 23.4. The summed E-state index contributed by atoms with van der Waals surface area (Å²) in [4.78, 5) is 5.34. The number of nitrogens with zero attached hydrogens (tertiary/aromatic N) is 3. The Bertz CT molecular complexity index is 844. The summed E-state index contributed by atoms with van der Waals surface area (Å²) in [6, 6.07) is 17.2. The average molecular weight is 702 g/mol. The molecule has 3 fully saturated rings. The van der Waals surface area contributed by atoms with Gasteiger partial charge in [0, 0.05) is 20.1 Å². The normalized spacial score (nSPS) is 24.2. The zero-order valence-electron chi connectivity index (χ0n) is 20.5. The molecule has 0 aliphatic carbocycles. The van der Waals surface area contributed by atoms with Crippen LogP contribution < -0.4 is 0 Å². The number of rotatable bonds is 3. The fraction of sp³-hybridized carbons (Fsp3) is 0.571. The van der Waals surface area contributed by atoms with E-state index in [9.17, 15) is 0 Å². The standard InChI is InChI=1S/C10H13NS.2C9H11NS.Ir/c1-8-5-6-10(12-8)9-4-2-3-7-11-9;2*1-2-6-10-8(4-1)9-5-3-7-11-9;/h5,9H,2-4,7H2,1H3;2*3,7-8H,1-2,4,6H2;/q3*-2;. The van der Waals surface area contributed by atoms with Crippen LogP contribution in [0.2, 0.25) is 0 Å². The molecular weight excluding hydrogens is 667 g/mol. The van der Waals surface area contributed by atoms with E-state index in [1.165, 1.54) is 77.3 Å². The molecule has 3 aromatic rings. The third-order valence-corrected chi connectivity index (χ3v) is 9.16. The van der Waals surface area contributed by atoms with Gasteiger partial charge in [-0.05, 0) is 0 Å². The average Bonchev–Trinajstić information content (AvgIpc) is 3.70. The van der Waals surface area contributed by atoms with Crippen molar-refractivity contribution in [3.8, 4) is 0 Å². The molecule has 35 heavy (non-hydrogen) atoms. The van der Waals surface area contributed by atoms with Crippen LogP contribution in [-0.4, -0.2) is 19.6 Å². The minimum atomic E-state index is 0. The summed E-state index contributed by atoms with van der Waals surface area (Å²) >= 11 is 5.41. The van der Waals surface area contributed by atoms with E-state index in [1.807, 2.05) is 23.5 Å². The maximum atomic E-state index is 4.59. The van der Waals surface area contributed by atoms with Gasteiger partial charge in [0.2, 0.25) is 0 Å². The first-order valence-electron chi connectivity index (χ1n) is 12.7. The van der Waals surface area contributed by atoms with Gasteiger partial charge in [0.15, 0.2) is 0 Å². The molecule has 0 amide bonds. The van der Waals surface area contributed by atoms with E-state index in [4.69, 9.17) is 0 Å². The van der Waals surface area contributed by atoms with Gasteiger partial charge in [-0.2, -0.15) is 10.8 Å². The van der Waals surface area contributed by atoms with Crippen molar-refractivity contribution in [3.63, 3.8) is 0 Å². The van der Waals surface area contributed by atoms with Crippen molar-refractivity contribution in [1.29, 1.82) is 0 Å². The third kappa shape index (κ3) is 9.79. The molecule has 3 nitrogen and oxygen atoms in total. The Morgan fingerprint density at radius 1 is 0.657 bits per heavy atom. The van der Waals surface area contributed by atoms with Crippen molar-refractivity contribution in [3.05, 3.63) is 82.6 Å². The summed E-state index contributed by atoms with van der Waals surface area (Å²) in [7, 11) is 0. The molecule has 3 aromatic heterocycles. The second kappa shape index (κ2) is 16.5. The first-order chi connectivity index (χ1) is 16.8. The van der Waals surface area contributed by atoms with Gasteiger partial charge < -0.3 is 16.0 Å². The Labute approximate surface area is 237 Å². The van der Waals surface area contributed by atoms with Gasteiger partial charge in [0.05, 0.1) is 0 Å². The molecular formula is C28H35IrN3S3-6. The zero-order valence-corrected chi connectivity index (χ0v) is 25.3. The smallest absolute Gasteiger partial charge is 0 e. The van der Waals surface area contributed by atoms with Crippen LogP contribution in [0, 0.1) is 25.1 Å². The molecule has 6 rings (SSSR count). The second-order valence-corrected chi connectivity index (χ2v) is 12.2. The fourth-order valence-electron chi connectivity index (χ4n) is 4.44. The maximum absolute atomic E-state index is 4.59. The molecule has 0 saturated carbocycles. The van der Waals surface area contributed by atoms with E-state index in [0.717, 1.165) is 19.6 Å². The van der Waals surface area contributed by atoms with Crippen LogP contribution >= 0.6 is 34.0 Å². The Hall–Kier alpha value is -0.371. The molecule has 3 saturated heterocycles. The van der Waals surface area contributed by atoms with Crippen molar-refractivity contribution in [2.45, 2.75) is 82.8 Å². The van der Waals surface area contributed by atoms with Crippen LogP contribution in [0.4, 0.5) is 0 Å². The van der Waals surface area contributed by atoms with Crippen LogP contribution in [0.3, 0.4) is 0 Å². The van der Waals surface area contributed by atoms with Gasteiger partial charge in [-0.15, -0.1) is 57.3 Å². The third-order valence-electron chi connectivity index (χ3n) is 6.28. The molecule has 195 valence electrons. The monoisotopic (exact) mass is 702 g/mol. The summed E-state index contributed by atoms with van der Waals surface area (Å²) in [5.74, 6) is 0. The summed E-state index contributed by atoms with van der Waals surface area (Å²) in [6.07, 6.45) is 11.5. The summed E-state index contributed by atoms with van der Waals surface area (Å²) < 4.78 is 0. The summed E-state index contributed by atoms with van der Waals surface area (Å²) in [5.41, 5.74) is 0. The van der Waals surface area contributed by atoms with Crippen LogP contribution in [0.1, 0.15) is 95.4 Å². The molecule has 3 aliphatic heterocycles. The minimum Gasteiger partial charge on any atom is -0.656 e. The number of thiophene rings is 3.